The Morgan fingerprint density at radius 3 is 2.70 bits per heavy atom. The van der Waals surface area contributed by atoms with E-state index in [1.165, 1.54) is 11.8 Å². The molecule has 0 aliphatic carbocycles. The van der Waals surface area contributed by atoms with Crippen molar-refractivity contribution in [1.29, 1.82) is 0 Å². The molecule has 30 heavy (non-hydrogen) atoms. The molecular formula is C20H23ClN8S. The number of piperidine rings is 1. The lowest BCUT2D eigenvalue weighted by molar-refractivity contribution is 0.170. The zero-order valence-electron chi connectivity index (χ0n) is 16.6. The third-order valence-corrected chi connectivity index (χ3v) is 7.66. The van der Waals surface area contributed by atoms with E-state index in [0.717, 1.165) is 59.6 Å². The summed E-state index contributed by atoms with van der Waals surface area (Å²) < 4.78 is 2.10. The maximum absolute atomic E-state index is 6.64. The van der Waals surface area contributed by atoms with Gasteiger partial charge in [0.2, 0.25) is 0 Å². The lowest BCUT2D eigenvalue weighted by Gasteiger charge is -2.41. The van der Waals surface area contributed by atoms with E-state index >= 15 is 0 Å². The van der Waals surface area contributed by atoms with Gasteiger partial charge in [0.15, 0.2) is 0 Å². The van der Waals surface area contributed by atoms with Crippen molar-refractivity contribution >= 4 is 35.0 Å². The normalized spacial score (nSPS) is 20.0. The van der Waals surface area contributed by atoms with Crippen molar-refractivity contribution in [2.45, 2.75) is 42.3 Å². The third kappa shape index (κ3) is 3.30. The smallest absolute Gasteiger partial charge is 0.147 e. The number of hydrogen-bond acceptors (Lipinski definition) is 8. The zero-order valence-corrected chi connectivity index (χ0v) is 18.2. The highest BCUT2D eigenvalue weighted by atomic mass is 35.5. The molecule has 0 unspecified atom stereocenters. The second-order valence-corrected chi connectivity index (χ2v) is 9.46. The van der Waals surface area contributed by atoms with E-state index in [1.54, 1.807) is 12.4 Å². The van der Waals surface area contributed by atoms with Gasteiger partial charge in [-0.05, 0) is 31.9 Å². The van der Waals surface area contributed by atoms with Crippen LogP contribution in [-0.2, 0) is 6.54 Å². The number of halogens is 1. The summed E-state index contributed by atoms with van der Waals surface area (Å²) in [7, 11) is 0. The van der Waals surface area contributed by atoms with E-state index in [-0.39, 0.29) is 11.5 Å². The number of pyridine rings is 1. The average molecular weight is 443 g/mol. The molecule has 1 fully saturated rings. The standard InChI is InChI=1S/C20H23ClN8S/c1-12-8-13-18(22)20(11-29(13)27-12)3-6-28(7-4-20)15-9-26-16(10-25-15)30-14-2-5-24-19(23)17(14)21/h2,5,8-10,18H,3-4,6-7,11,22H2,1H3,(H2,23,24)/t18-/m1/s1. The highest BCUT2D eigenvalue weighted by Crippen LogP contribution is 2.48. The summed E-state index contributed by atoms with van der Waals surface area (Å²) in [5.41, 5.74) is 14.7. The van der Waals surface area contributed by atoms with Gasteiger partial charge in [-0.1, -0.05) is 23.4 Å². The van der Waals surface area contributed by atoms with Crippen LogP contribution in [0.25, 0.3) is 0 Å². The first-order valence-electron chi connectivity index (χ1n) is 9.90. The lowest BCUT2D eigenvalue weighted by atomic mass is 9.73. The van der Waals surface area contributed by atoms with Crippen LogP contribution in [0.15, 0.2) is 40.6 Å². The van der Waals surface area contributed by atoms with Crippen LogP contribution < -0.4 is 16.4 Å². The molecule has 4 N–H and O–H groups in total. The monoisotopic (exact) mass is 442 g/mol. The van der Waals surface area contributed by atoms with E-state index < -0.39 is 0 Å². The highest BCUT2D eigenvalue weighted by Gasteiger charge is 2.47. The van der Waals surface area contributed by atoms with Crippen molar-refractivity contribution in [3.05, 3.63) is 47.1 Å². The average Bonchev–Trinajstić information content (AvgIpc) is 3.22. The molecule has 0 amide bonds. The Balaban J connectivity index is 1.25. The molecule has 0 bridgehead atoms. The van der Waals surface area contributed by atoms with Crippen LogP contribution in [0.1, 0.15) is 30.3 Å². The fourth-order valence-electron chi connectivity index (χ4n) is 4.46. The zero-order chi connectivity index (χ0) is 20.9. The van der Waals surface area contributed by atoms with Crippen LogP contribution in [0.5, 0.6) is 0 Å². The number of aromatic nitrogens is 5. The molecule has 3 aromatic rings. The number of anilines is 2. The molecule has 2 aliphatic rings. The number of rotatable bonds is 3. The first-order chi connectivity index (χ1) is 14.4. The fraction of sp³-hybridized carbons (Fsp3) is 0.400. The molecule has 156 valence electrons. The Kier molecular flexibility index (Phi) is 4.83. The van der Waals surface area contributed by atoms with Gasteiger partial charge in [0, 0.05) is 36.1 Å². The quantitative estimate of drug-likeness (QED) is 0.636. The van der Waals surface area contributed by atoms with Crippen molar-refractivity contribution in [3.8, 4) is 0 Å². The number of nitrogen functional groups attached to an aromatic ring is 1. The van der Waals surface area contributed by atoms with Crippen LogP contribution >= 0.6 is 23.4 Å². The molecule has 10 heteroatoms. The van der Waals surface area contributed by atoms with Gasteiger partial charge in [0.25, 0.3) is 0 Å². The summed E-state index contributed by atoms with van der Waals surface area (Å²) >= 11 is 7.64. The predicted molar refractivity (Wildman–Crippen MR) is 118 cm³/mol. The van der Waals surface area contributed by atoms with E-state index in [4.69, 9.17) is 23.1 Å². The molecule has 5 rings (SSSR count). The number of nitrogens with two attached hydrogens (primary N) is 2. The van der Waals surface area contributed by atoms with Crippen molar-refractivity contribution in [1.82, 2.24) is 24.7 Å². The van der Waals surface area contributed by atoms with Gasteiger partial charge in [-0.2, -0.15) is 5.10 Å². The maximum Gasteiger partial charge on any atom is 0.147 e. The molecule has 1 spiro atoms. The Bertz CT molecular complexity index is 1070. The Morgan fingerprint density at radius 2 is 2.00 bits per heavy atom. The summed E-state index contributed by atoms with van der Waals surface area (Å²) in [6.07, 6.45) is 7.26. The third-order valence-electron chi connectivity index (χ3n) is 6.17. The first-order valence-corrected chi connectivity index (χ1v) is 11.1. The fourth-order valence-corrected chi connectivity index (χ4v) is 5.45. The van der Waals surface area contributed by atoms with Gasteiger partial charge in [0.1, 0.15) is 16.7 Å². The molecule has 1 atom stereocenters. The van der Waals surface area contributed by atoms with E-state index in [1.807, 2.05) is 19.2 Å². The molecule has 5 heterocycles. The number of aryl methyl sites for hydroxylation is 1. The number of nitrogens with zero attached hydrogens (tertiary/aromatic N) is 6. The van der Waals surface area contributed by atoms with Gasteiger partial charge >= 0.3 is 0 Å². The molecular weight excluding hydrogens is 420 g/mol. The van der Waals surface area contributed by atoms with Gasteiger partial charge in [0.05, 0.1) is 34.8 Å². The van der Waals surface area contributed by atoms with Crippen molar-refractivity contribution in [2.24, 2.45) is 11.1 Å². The van der Waals surface area contributed by atoms with Crippen LogP contribution in [0.2, 0.25) is 5.02 Å². The van der Waals surface area contributed by atoms with Gasteiger partial charge in [-0.3, -0.25) is 4.68 Å². The lowest BCUT2D eigenvalue weighted by Crippen LogP contribution is -2.45. The van der Waals surface area contributed by atoms with E-state index in [9.17, 15) is 0 Å². The molecule has 3 aromatic heterocycles. The molecule has 0 saturated carbocycles. The predicted octanol–water partition coefficient (Wildman–Crippen LogP) is 3.06. The Hall–Kier alpha value is -2.36. The van der Waals surface area contributed by atoms with Gasteiger partial charge < -0.3 is 16.4 Å². The molecule has 8 nitrogen and oxygen atoms in total. The van der Waals surface area contributed by atoms with E-state index in [0.29, 0.717) is 10.8 Å². The minimum atomic E-state index is 0.0447. The van der Waals surface area contributed by atoms with Crippen LogP contribution in [-0.4, -0.2) is 37.8 Å². The molecule has 0 radical (unpaired) electrons. The minimum absolute atomic E-state index is 0.0447. The molecule has 1 saturated heterocycles. The topological polar surface area (TPSA) is 112 Å². The van der Waals surface area contributed by atoms with Gasteiger partial charge in [-0.15, -0.1) is 0 Å². The summed E-state index contributed by atoms with van der Waals surface area (Å²) in [6.45, 7) is 4.74. The maximum atomic E-state index is 6.64. The number of hydrogen-bond donors (Lipinski definition) is 2. The summed E-state index contributed by atoms with van der Waals surface area (Å²) in [5, 5.41) is 5.81. The van der Waals surface area contributed by atoms with Crippen molar-refractivity contribution in [3.63, 3.8) is 0 Å². The van der Waals surface area contributed by atoms with Crippen molar-refractivity contribution in [2.75, 3.05) is 23.7 Å². The Labute approximate surface area is 184 Å². The van der Waals surface area contributed by atoms with Crippen molar-refractivity contribution < 1.29 is 0 Å². The highest BCUT2D eigenvalue weighted by molar-refractivity contribution is 7.99. The SMILES string of the molecule is Cc1cc2n(n1)CC1(CCN(c3cnc(Sc4ccnc(N)c4Cl)cn3)CC1)[C@@H]2N. The minimum Gasteiger partial charge on any atom is -0.382 e. The molecule has 2 aliphatic heterocycles. The van der Waals surface area contributed by atoms with Crippen LogP contribution in [0.3, 0.4) is 0 Å². The summed E-state index contributed by atoms with van der Waals surface area (Å²) in [4.78, 5) is 16.3. The largest absolute Gasteiger partial charge is 0.382 e. The number of fused-ring (bicyclic) bond motifs is 1. The second kappa shape index (κ2) is 7.40. The summed E-state index contributed by atoms with van der Waals surface area (Å²) in [5.74, 6) is 1.20. The van der Waals surface area contributed by atoms with Crippen LogP contribution in [0, 0.1) is 12.3 Å². The first kappa shape index (κ1) is 19.6. The molecule has 0 aromatic carbocycles. The van der Waals surface area contributed by atoms with Crippen LogP contribution in [0.4, 0.5) is 11.6 Å². The van der Waals surface area contributed by atoms with Gasteiger partial charge in [-0.25, -0.2) is 15.0 Å². The Morgan fingerprint density at radius 1 is 1.20 bits per heavy atom. The second-order valence-electron chi connectivity index (χ2n) is 8.02. The summed E-state index contributed by atoms with van der Waals surface area (Å²) in [6, 6.07) is 3.99. The van der Waals surface area contributed by atoms with E-state index in [2.05, 4.69) is 35.7 Å².